The SMILES string of the molecule is COc1ccc(NC(=O)N(Cc2cc3cc(OC)c(OC)cc3[nH]c2=O)C2CCCC2)cc1. The predicted octanol–water partition coefficient (Wildman–Crippen LogP) is 4.53. The van der Waals surface area contributed by atoms with Crippen LogP contribution in [0, 0.1) is 0 Å². The molecule has 2 aromatic carbocycles. The number of carbonyl (C=O) groups is 1. The van der Waals surface area contributed by atoms with Gasteiger partial charge in [0.2, 0.25) is 0 Å². The lowest BCUT2D eigenvalue weighted by Crippen LogP contribution is -2.42. The maximum Gasteiger partial charge on any atom is 0.322 e. The van der Waals surface area contributed by atoms with Gasteiger partial charge in [0.05, 0.1) is 33.4 Å². The minimum absolute atomic E-state index is 0.0868. The number of H-pyrrole nitrogens is 1. The van der Waals surface area contributed by atoms with E-state index in [2.05, 4.69) is 10.3 Å². The zero-order valence-corrected chi connectivity index (χ0v) is 19.1. The summed E-state index contributed by atoms with van der Waals surface area (Å²) >= 11 is 0. The molecule has 1 fully saturated rings. The Bertz CT molecular complexity index is 1180. The maximum atomic E-state index is 13.3. The first-order chi connectivity index (χ1) is 16.0. The van der Waals surface area contributed by atoms with Crippen LogP contribution >= 0.6 is 0 Å². The molecule has 3 aromatic rings. The molecule has 0 saturated heterocycles. The Morgan fingerprint density at radius 2 is 1.67 bits per heavy atom. The molecule has 1 saturated carbocycles. The quantitative estimate of drug-likeness (QED) is 0.551. The summed E-state index contributed by atoms with van der Waals surface area (Å²) in [6.07, 6.45) is 3.99. The number of methoxy groups -OCH3 is 3. The number of urea groups is 1. The standard InChI is InChI=1S/C25H29N3O5/c1-31-20-10-8-18(9-11-20)26-25(30)28(19-6-4-5-7-19)15-17-12-16-13-22(32-2)23(33-3)14-21(16)27-24(17)29/h8-14,19H,4-7,15H2,1-3H3,(H,26,30)(H,27,29). The fourth-order valence-electron chi connectivity index (χ4n) is 4.33. The lowest BCUT2D eigenvalue weighted by molar-refractivity contribution is 0.184. The maximum absolute atomic E-state index is 13.3. The van der Waals surface area contributed by atoms with Crippen LogP contribution in [0.1, 0.15) is 31.2 Å². The van der Waals surface area contributed by atoms with Gasteiger partial charge in [-0.3, -0.25) is 4.79 Å². The number of pyridine rings is 1. The molecule has 0 aliphatic heterocycles. The van der Waals surface area contributed by atoms with Gasteiger partial charge >= 0.3 is 6.03 Å². The topological polar surface area (TPSA) is 92.9 Å². The van der Waals surface area contributed by atoms with Crippen LogP contribution in [0.5, 0.6) is 17.2 Å². The molecule has 8 heteroatoms. The third-order valence-corrected chi connectivity index (χ3v) is 6.13. The number of carbonyl (C=O) groups excluding carboxylic acids is 1. The number of ether oxygens (including phenoxy) is 3. The van der Waals surface area contributed by atoms with Crippen molar-refractivity contribution < 1.29 is 19.0 Å². The minimum atomic E-state index is -0.227. The van der Waals surface area contributed by atoms with Crippen LogP contribution in [-0.2, 0) is 6.54 Å². The first-order valence-electron chi connectivity index (χ1n) is 11.0. The molecule has 1 heterocycles. The fourth-order valence-corrected chi connectivity index (χ4v) is 4.33. The van der Waals surface area contributed by atoms with Crippen LogP contribution in [0.2, 0.25) is 0 Å². The first kappa shape index (κ1) is 22.5. The van der Waals surface area contributed by atoms with Gasteiger partial charge in [-0.1, -0.05) is 12.8 Å². The van der Waals surface area contributed by atoms with Crippen LogP contribution in [0.25, 0.3) is 10.9 Å². The Hall–Kier alpha value is -3.68. The van der Waals surface area contributed by atoms with Crippen molar-refractivity contribution in [2.24, 2.45) is 0 Å². The Morgan fingerprint density at radius 3 is 2.30 bits per heavy atom. The van der Waals surface area contributed by atoms with Crippen LogP contribution in [-0.4, -0.2) is 43.3 Å². The molecule has 0 atom stereocenters. The highest BCUT2D eigenvalue weighted by Gasteiger charge is 2.28. The van der Waals surface area contributed by atoms with E-state index < -0.39 is 0 Å². The van der Waals surface area contributed by atoms with E-state index in [4.69, 9.17) is 14.2 Å². The van der Waals surface area contributed by atoms with Gasteiger partial charge in [0.1, 0.15) is 5.75 Å². The van der Waals surface area contributed by atoms with Gasteiger partial charge in [-0.25, -0.2) is 4.79 Å². The van der Waals surface area contributed by atoms with Crippen molar-refractivity contribution in [3.63, 3.8) is 0 Å². The fraction of sp³-hybridized carbons (Fsp3) is 0.360. The van der Waals surface area contributed by atoms with Gasteiger partial charge in [-0.2, -0.15) is 0 Å². The summed E-state index contributed by atoms with van der Waals surface area (Å²) in [5.74, 6) is 1.84. The van der Waals surface area contributed by atoms with E-state index in [1.54, 1.807) is 56.6 Å². The van der Waals surface area contributed by atoms with Crippen molar-refractivity contribution in [1.82, 2.24) is 9.88 Å². The zero-order valence-electron chi connectivity index (χ0n) is 19.1. The third kappa shape index (κ3) is 4.89. The average Bonchev–Trinajstić information content (AvgIpc) is 3.36. The largest absolute Gasteiger partial charge is 0.497 e. The number of hydrogen-bond donors (Lipinski definition) is 2. The molecule has 1 aliphatic rings. The van der Waals surface area contributed by atoms with E-state index in [1.807, 2.05) is 12.1 Å². The molecule has 2 amide bonds. The van der Waals surface area contributed by atoms with Gasteiger partial charge in [-0.15, -0.1) is 0 Å². The van der Waals surface area contributed by atoms with E-state index in [0.717, 1.165) is 36.8 Å². The van der Waals surface area contributed by atoms with Crippen molar-refractivity contribution in [3.05, 3.63) is 58.4 Å². The summed E-state index contributed by atoms with van der Waals surface area (Å²) in [6.45, 7) is 0.215. The van der Waals surface area contributed by atoms with Crippen molar-refractivity contribution in [1.29, 1.82) is 0 Å². The molecular weight excluding hydrogens is 422 g/mol. The second-order valence-electron chi connectivity index (χ2n) is 8.14. The number of rotatable bonds is 7. The molecule has 0 bridgehead atoms. The summed E-state index contributed by atoms with van der Waals surface area (Å²) in [5, 5.41) is 3.77. The smallest absolute Gasteiger partial charge is 0.322 e. The first-order valence-corrected chi connectivity index (χ1v) is 11.0. The summed E-state index contributed by atoms with van der Waals surface area (Å²) in [6, 6.07) is 12.4. The van der Waals surface area contributed by atoms with Crippen molar-refractivity contribution in [3.8, 4) is 17.2 Å². The molecule has 4 rings (SSSR count). The normalized spacial score (nSPS) is 13.7. The molecule has 33 heavy (non-hydrogen) atoms. The highest BCUT2D eigenvalue weighted by atomic mass is 16.5. The van der Waals surface area contributed by atoms with Gasteiger partial charge in [0.15, 0.2) is 11.5 Å². The van der Waals surface area contributed by atoms with E-state index in [1.165, 1.54) is 0 Å². The number of hydrogen-bond acceptors (Lipinski definition) is 5. The lowest BCUT2D eigenvalue weighted by Gasteiger charge is -2.29. The number of aromatic amines is 1. The zero-order chi connectivity index (χ0) is 23.4. The van der Waals surface area contributed by atoms with E-state index in [0.29, 0.717) is 28.3 Å². The number of anilines is 1. The summed E-state index contributed by atoms with van der Waals surface area (Å²) in [7, 11) is 4.72. The van der Waals surface area contributed by atoms with Gasteiger partial charge < -0.3 is 29.4 Å². The van der Waals surface area contributed by atoms with E-state index >= 15 is 0 Å². The van der Waals surface area contributed by atoms with Gasteiger partial charge in [0, 0.05) is 28.7 Å². The predicted molar refractivity (Wildman–Crippen MR) is 127 cm³/mol. The van der Waals surface area contributed by atoms with Crippen molar-refractivity contribution in [2.45, 2.75) is 38.3 Å². The van der Waals surface area contributed by atoms with Gasteiger partial charge in [0.25, 0.3) is 5.56 Å². The molecule has 0 unspecified atom stereocenters. The second kappa shape index (κ2) is 9.85. The Kier molecular flexibility index (Phi) is 6.72. The second-order valence-corrected chi connectivity index (χ2v) is 8.14. The Labute approximate surface area is 192 Å². The van der Waals surface area contributed by atoms with Crippen LogP contribution in [0.3, 0.4) is 0 Å². The van der Waals surface area contributed by atoms with E-state index in [-0.39, 0.29) is 24.2 Å². The monoisotopic (exact) mass is 451 g/mol. The number of aromatic nitrogens is 1. The number of nitrogens with zero attached hydrogens (tertiary/aromatic N) is 1. The highest BCUT2D eigenvalue weighted by Crippen LogP contribution is 2.31. The van der Waals surface area contributed by atoms with E-state index in [9.17, 15) is 9.59 Å². The Balaban J connectivity index is 1.63. The number of nitrogens with one attached hydrogen (secondary N) is 2. The third-order valence-electron chi connectivity index (χ3n) is 6.13. The minimum Gasteiger partial charge on any atom is -0.497 e. The number of amides is 2. The molecule has 0 spiro atoms. The summed E-state index contributed by atoms with van der Waals surface area (Å²) in [4.78, 5) is 30.8. The molecule has 0 radical (unpaired) electrons. The molecule has 1 aliphatic carbocycles. The van der Waals surface area contributed by atoms with Crippen LogP contribution in [0.4, 0.5) is 10.5 Å². The molecule has 174 valence electrons. The highest BCUT2D eigenvalue weighted by molar-refractivity contribution is 5.90. The number of benzene rings is 2. The van der Waals surface area contributed by atoms with Crippen molar-refractivity contribution >= 4 is 22.6 Å². The number of fused-ring (bicyclic) bond motifs is 1. The Morgan fingerprint density at radius 1 is 1.00 bits per heavy atom. The van der Waals surface area contributed by atoms with Crippen LogP contribution in [0.15, 0.2) is 47.3 Å². The summed E-state index contributed by atoms with van der Waals surface area (Å²) < 4.78 is 15.9. The lowest BCUT2D eigenvalue weighted by atomic mass is 10.1. The molecule has 8 nitrogen and oxygen atoms in total. The average molecular weight is 452 g/mol. The molecular formula is C25H29N3O5. The van der Waals surface area contributed by atoms with Crippen LogP contribution < -0.4 is 25.1 Å². The van der Waals surface area contributed by atoms with Gasteiger partial charge in [-0.05, 0) is 49.2 Å². The summed E-state index contributed by atoms with van der Waals surface area (Å²) in [5.41, 5.74) is 1.62. The molecule has 1 aromatic heterocycles. The van der Waals surface area contributed by atoms with Crippen molar-refractivity contribution in [2.75, 3.05) is 26.6 Å². The molecule has 2 N–H and O–H groups in total.